The molecule has 45 heavy (non-hydrogen) atoms. The Labute approximate surface area is 267 Å². The van der Waals surface area contributed by atoms with E-state index >= 15 is 0 Å². The van der Waals surface area contributed by atoms with Gasteiger partial charge in [-0.05, 0) is 113 Å². The van der Waals surface area contributed by atoms with Crippen molar-refractivity contribution in [1.29, 1.82) is 0 Å². The second-order valence-electron chi connectivity index (χ2n) is 12.9. The van der Waals surface area contributed by atoms with Crippen molar-refractivity contribution in [3.05, 3.63) is 131 Å². The van der Waals surface area contributed by atoms with E-state index in [2.05, 4.69) is 123 Å². The van der Waals surface area contributed by atoms with Crippen LogP contribution in [0.2, 0.25) is 0 Å². The Morgan fingerprint density at radius 3 is 1.76 bits per heavy atom. The van der Waals surface area contributed by atoms with Gasteiger partial charge in [0.25, 0.3) is 0 Å². The number of rotatable bonds is 4. The zero-order valence-corrected chi connectivity index (χ0v) is 28.2. The first-order valence-corrected chi connectivity index (χ1v) is 16.1. The summed E-state index contributed by atoms with van der Waals surface area (Å²) in [7, 11) is 0. The summed E-state index contributed by atoms with van der Waals surface area (Å²) in [4.78, 5) is 0. The Kier molecular flexibility index (Phi) is 9.68. The van der Waals surface area contributed by atoms with E-state index in [1.807, 2.05) is 18.2 Å². The van der Waals surface area contributed by atoms with E-state index in [1.165, 1.54) is 60.7 Å². The van der Waals surface area contributed by atoms with Crippen LogP contribution in [-0.2, 0) is 0 Å². The molecule has 7 rings (SSSR count). The van der Waals surface area contributed by atoms with Crippen LogP contribution in [0, 0.1) is 20.8 Å². The van der Waals surface area contributed by atoms with Crippen molar-refractivity contribution in [3.63, 3.8) is 0 Å². The molecule has 232 valence electrons. The van der Waals surface area contributed by atoms with E-state index in [0.29, 0.717) is 17.8 Å². The molecule has 0 spiro atoms. The summed E-state index contributed by atoms with van der Waals surface area (Å²) in [6, 6.07) is 27.6. The first-order chi connectivity index (χ1) is 21.6. The fourth-order valence-electron chi connectivity index (χ4n) is 6.18. The SMILES string of the molecule is Cc1c(C(C)C)cc(-c2ccccc2)c2ccoc12.Cc1c(C(C)C)ccc2ccoc12.Cc1cc(C(C)C)cc2ccoc12. The van der Waals surface area contributed by atoms with Gasteiger partial charge in [-0.3, -0.25) is 0 Å². The van der Waals surface area contributed by atoms with Crippen molar-refractivity contribution < 1.29 is 13.3 Å². The minimum Gasteiger partial charge on any atom is -0.464 e. The number of hydrogen-bond donors (Lipinski definition) is 0. The standard InChI is InChI=1S/C18H18O.2C12H14O/c1-12(2)16-11-17(14-7-5-4-6-8-14)15-9-10-19-18(15)13(16)3;1-8(2)11-6-9(3)12-10(7-11)4-5-13-12;1-8(2)11-5-4-10-6-7-13-12(10)9(11)3/h4-12H,1-3H3;2*4-8H,1-3H3. The third-order valence-electron chi connectivity index (χ3n) is 8.70. The van der Waals surface area contributed by atoms with Crippen molar-refractivity contribution >= 4 is 32.9 Å². The van der Waals surface area contributed by atoms with Gasteiger partial charge in [-0.25, -0.2) is 0 Å². The monoisotopic (exact) mass is 598 g/mol. The molecule has 0 bridgehead atoms. The van der Waals surface area contributed by atoms with Crippen molar-refractivity contribution in [2.45, 2.75) is 80.1 Å². The van der Waals surface area contributed by atoms with Gasteiger partial charge in [0.1, 0.15) is 16.7 Å². The van der Waals surface area contributed by atoms with E-state index in [1.54, 1.807) is 18.8 Å². The van der Waals surface area contributed by atoms with Crippen LogP contribution >= 0.6 is 0 Å². The van der Waals surface area contributed by atoms with Gasteiger partial charge >= 0.3 is 0 Å². The molecule has 0 aliphatic rings. The molecule has 7 aromatic rings. The van der Waals surface area contributed by atoms with Crippen LogP contribution in [-0.4, -0.2) is 0 Å². The molecule has 3 heteroatoms. The van der Waals surface area contributed by atoms with Crippen molar-refractivity contribution in [2.75, 3.05) is 0 Å². The number of hydrogen-bond acceptors (Lipinski definition) is 3. The van der Waals surface area contributed by atoms with Gasteiger partial charge in [0.2, 0.25) is 0 Å². The Balaban J connectivity index is 0.000000137. The highest BCUT2D eigenvalue weighted by molar-refractivity contribution is 5.96. The molecule has 0 aliphatic heterocycles. The average Bonchev–Trinajstić information content (AvgIpc) is 3.80. The largest absolute Gasteiger partial charge is 0.464 e. The predicted molar refractivity (Wildman–Crippen MR) is 191 cm³/mol. The van der Waals surface area contributed by atoms with Gasteiger partial charge < -0.3 is 13.3 Å². The fraction of sp³-hybridized carbons (Fsp3) is 0.286. The van der Waals surface area contributed by atoms with Gasteiger partial charge in [-0.1, -0.05) is 90.1 Å². The summed E-state index contributed by atoms with van der Waals surface area (Å²) in [6.07, 6.45) is 5.29. The average molecular weight is 599 g/mol. The molecule has 3 aromatic heterocycles. The molecule has 0 saturated heterocycles. The summed E-state index contributed by atoms with van der Waals surface area (Å²) in [5.41, 5.74) is 13.5. The number of aryl methyl sites for hydroxylation is 3. The van der Waals surface area contributed by atoms with E-state index in [0.717, 1.165) is 16.7 Å². The lowest BCUT2D eigenvalue weighted by atomic mass is 9.91. The Morgan fingerprint density at radius 1 is 0.489 bits per heavy atom. The van der Waals surface area contributed by atoms with Gasteiger partial charge in [-0.15, -0.1) is 0 Å². The molecule has 0 atom stereocenters. The lowest BCUT2D eigenvalue weighted by Crippen LogP contribution is -1.94. The van der Waals surface area contributed by atoms with Crippen LogP contribution in [0.5, 0.6) is 0 Å². The van der Waals surface area contributed by atoms with E-state index in [4.69, 9.17) is 13.3 Å². The van der Waals surface area contributed by atoms with Gasteiger partial charge in [-0.2, -0.15) is 0 Å². The minimum atomic E-state index is 0.497. The highest BCUT2D eigenvalue weighted by Crippen LogP contribution is 2.36. The topological polar surface area (TPSA) is 39.4 Å². The van der Waals surface area contributed by atoms with Gasteiger partial charge in [0.15, 0.2) is 0 Å². The molecule has 0 amide bonds. The van der Waals surface area contributed by atoms with E-state index < -0.39 is 0 Å². The molecule has 0 radical (unpaired) electrons. The lowest BCUT2D eigenvalue weighted by molar-refractivity contribution is 0.611. The van der Waals surface area contributed by atoms with Crippen molar-refractivity contribution in [2.24, 2.45) is 0 Å². The zero-order chi connectivity index (χ0) is 32.2. The van der Waals surface area contributed by atoms with Crippen LogP contribution in [0.25, 0.3) is 44.0 Å². The molecule has 0 unspecified atom stereocenters. The first-order valence-electron chi connectivity index (χ1n) is 16.1. The molecule has 0 saturated carbocycles. The molecule has 3 nitrogen and oxygen atoms in total. The van der Waals surface area contributed by atoms with E-state index in [-0.39, 0.29) is 0 Å². The van der Waals surface area contributed by atoms with Gasteiger partial charge in [0.05, 0.1) is 18.8 Å². The maximum absolute atomic E-state index is 5.70. The van der Waals surface area contributed by atoms with Crippen LogP contribution in [0.4, 0.5) is 0 Å². The highest BCUT2D eigenvalue weighted by Gasteiger charge is 2.15. The molecule has 0 fully saturated rings. The second-order valence-corrected chi connectivity index (χ2v) is 12.9. The van der Waals surface area contributed by atoms with E-state index in [9.17, 15) is 0 Å². The second kappa shape index (κ2) is 13.6. The van der Waals surface area contributed by atoms with Crippen molar-refractivity contribution in [3.8, 4) is 11.1 Å². The third-order valence-corrected chi connectivity index (χ3v) is 8.70. The molecular formula is C42H46O3. The maximum Gasteiger partial charge on any atom is 0.137 e. The smallest absolute Gasteiger partial charge is 0.137 e. The quantitative estimate of drug-likeness (QED) is 0.202. The van der Waals surface area contributed by atoms with Crippen LogP contribution in [0.1, 0.15) is 92.7 Å². The molecule has 4 aromatic carbocycles. The van der Waals surface area contributed by atoms with Gasteiger partial charge in [0, 0.05) is 16.2 Å². The Hall–Kier alpha value is -4.50. The first kappa shape index (κ1) is 31.9. The molecule has 0 N–H and O–H groups in total. The van der Waals surface area contributed by atoms with Crippen molar-refractivity contribution in [1.82, 2.24) is 0 Å². The summed E-state index contributed by atoms with van der Waals surface area (Å²) in [5.74, 6) is 1.64. The molecule has 3 heterocycles. The number of benzene rings is 4. The zero-order valence-electron chi connectivity index (χ0n) is 28.2. The lowest BCUT2D eigenvalue weighted by Gasteiger charge is -2.14. The Bertz CT molecular complexity index is 2010. The fourth-order valence-corrected chi connectivity index (χ4v) is 6.18. The summed E-state index contributed by atoms with van der Waals surface area (Å²) in [5, 5.41) is 3.61. The Morgan fingerprint density at radius 2 is 1.09 bits per heavy atom. The van der Waals surface area contributed by atoms with Crippen LogP contribution in [0.3, 0.4) is 0 Å². The normalized spacial score (nSPS) is 11.4. The predicted octanol–water partition coefficient (Wildman–Crippen LogP) is 13.3. The minimum absolute atomic E-state index is 0.497. The van der Waals surface area contributed by atoms with Crippen LogP contribution < -0.4 is 0 Å². The number of fused-ring (bicyclic) bond motifs is 3. The third kappa shape index (κ3) is 6.78. The molecule has 0 aliphatic carbocycles. The summed E-state index contributed by atoms with van der Waals surface area (Å²) in [6.45, 7) is 19.7. The number of furan rings is 3. The van der Waals surface area contributed by atoms with Crippen LogP contribution in [0.15, 0.2) is 111 Å². The summed E-state index contributed by atoms with van der Waals surface area (Å²) < 4.78 is 16.5. The molecular weight excluding hydrogens is 552 g/mol. The highest BCUT2D eigenvalue weighted by atomic mass is 16.3. The maximum atomic E-state index is 5.70. The summed E-state index contributed by atoms with van der Waals surface area (Å²) >= 11 is 0.